The third-order valence-electron chi connectivity index (χ3n) is 4.34. The Balaban J connectivity index is 0.00000102. The standard InChI is InChI=1S/C18H14ClN3O2S.C2H6/c1-9-15(10-2-5-12(6-3-10)25(20)24)17-16(22-18(9)23)13-8-11(19)4-7-14(13)21-17;1-2/h2-8,21H,20H2,1H3,(H,22,23);1-2H3. The molecule has 1 unspecified atom stereocenters. The molecule has 4 aromatic rings. The van der Waals surface area contributed by atoms with E-state index in [0.717, 1.165) is 33.1 Å². The molecule has 0 saturated carbocycles. The zero-order chi connectivity index (χ0) is 19.7. The number of nitrogens with one attached hydrogen (secondary N) is 2. The van der Waals surface area contributed by atoms with Crippen LogP contribution in [-0.4, -0.2) is 14.2 Å². The number of H-pyrrole nitrogens is 2. The second kappa shape index (κ2) is 7.68. The average Bonchev–Trinajstić information content (AvgIpc) is 3.01. The number of aromatic nitrogens is 2. The SMILES string of the molecule is CC.Cc1c(-c2ccc(S(N)=O)cc2)c2[nH]c3ccc(Cl)cc3c2[nH]c1=O. The third-order valence-corrected chi connectivity index (χ3v) is 5.31. The van der Waals surface area contributed by atoms with Gasteiger partial charge in [-0.05, 0) is 42.8 Å². The normalized spacial score (nSPS) is 12.0. The van der Waals surface area contributed by atoms with Crippen molar-refractivity contribution in [2.24, 2.45) is 5.14 Å². The van der Waals surface area contributed by atoms with Crippen LogP contribution in [0.25, 0.3) is 33.1 Å². The van der Waals surface area contributed by atoms with Crippen LogP contribution in [-0.2, 0) is 11.0 Å². The molecule has 0 aliphatic carbocycles. The first-order valence-electron chi connectivity index (χ1n) is 8.56. The number of benzene rings is 2. The maximum Gasteiger partial charge on any atom is 0.252 e. The van der Waals surface area contributed by atoms with Crippen molar-refractivity contribution in [1.82, 2.24) is 9.97 Å². The summed E-state index contributed by atoms with van der Waals surface area (Å²) in [5, 5.41) is 6.88. The van der Waals surface area contributed by atoms with Crippen molar-refractivity contribution in [1.29, 1.82) is 0 Å². The van der Waals surface area contributed by atoms with Crippen molar-refractivity contribution in [2.45, 2.75) is 25.7 Å². The summed E-state index contributed by atoms with van der Waals surface area (Å²) < 4.78 is 11.4. The minimum absolute atomic E-state index is 0.158. The highest BCUT2D eigenvalue weighted by atomic mass is 35.5. The van der Waals surface area contributed by atoms with Crippen LogP contribution in [0.3, 0.4) is 0 Å². The summed E-state index contributed by atoms with van der Waals surface area (Å²) in [6.07, 6.45) is 0. The van der Waals surface area contributed by atoms with E-state index in [2.05, 4.69) is 9.97 Å². The van der Waals surface area contributed by atoms with Crippen LogP contribution in [0, 0.1) is 6.92 Å². The second-order valence-corrected chi connectivity index (χ2v) is 7.34. The number of fused-ring (bicyclic) bond motifs is 3. The Bertz CT molecular complexity index is 1210. The summed E-state index contributed by atoms with van der Waals surface area (Å²) in [7, 11) is -1.54. The predicted molar refractivity (Wildman–Crippen MR) is 114 cm³/mol. The monoisotopic (exact) mass is 401 g/mol. The van der Waals surface area contributed by atoms with Gasteiger partial charge in [0.25, 0.3) is 5.56 Å². The molecule has 5 nitrogen and oxygen atoms in total. The number of rotatable bonds is 2. The lowest BCUT2D eigenvalue weighted by molar-refractivity contribution is 0.684. The molecule has 140 valence electrons. The lowest BCUT2D eigenvalue weighted by Crippen LogP contribution is -2.11. The molecule has 2 aromatic heterocycles. The Morgan fingerprint density at radius 3 is 2.30 bits per heavy atom. The van der Waals surface area contributed by atoms with Gasteiger partial charge in [-0.2, -0.15) is 0 Å². The summed E-state index contributed by atoms with van der Waals surface area (Å²) in [6, 6.07) is 12.6. The smallest absolute Gasteiger partial charge is 0.252 e. The molecule has 0 fully saturated rings. The molecule has 0 amide bonds. The molecule has 7 heteroatoms. The first kappa shape index (κ1) is 19.4. The average molecular weight is 402 g/mol. The third kappa shape index (κ3) is 3.43. The number of halogens is 1. The summed E-state index contributed by atoms with van der Waals surface area (Å²) in [4.78, 5) is 19.3. The van der Waals surface area contributed by atoms with Crippen LogP contribution in [0.5, 0.6) is 0 Å². The summed E-state index contributed by atoms with van der Waals surface area (Å²) in [6.45, 7) is 5.78. The fourth-order valence-electron chi connectivity index (χ4n) is 3.11. The first-order valence-corrected chi connectivity index (χ1v) is 10.1. The molecular formula is C20H20ClN3O2S. The summed E-state index contributed by atoms with van der Waals surface area (Å²) in [5.41, 5.74) is 4.54. The predicted octanol–water partition coefficient (Wildman–Crippen LogP) is 4.65. The van der Waals surface area contributed by atoms with Crippen molar-refractivity contribution in [3.8, 4) is 11.1 Å². The number of aromatic amines is 2. The molecule has 2 aromatic carbocycles. The number of hydrogen-bond donors (Lipinski definition) is 3. The van der Waals surface area contributed by atoms with Crippen LogP contribution in [0.15, 0.2) is 52.2 Å². The fraction of sp³-hybridized carbons (Fsp3) is 0.150. The molecule has 0 aliphatic rings. The van der Waals surface area contributed by atoms with E-state index in [4.69, 9.17) is 16.7 Å². The maximum atomic E-state index is 12.5. The Kier molecular flexibility index (Phi) is 5.51. The molecule has 1 atom stereocenters. The van der Waals surface area contributed by atoms with E-state index >= 15 is 0 Å². The minimum atomic E-state index is -1.54. The van der Waals surface area contributed by atoms with Crippen molar-refractivity contribution in [2.75, 3.05) is 0 Å². The maximum absolute atomic E-state index is 12.5. The molecular weight excluding hydrogens is 382 g/mol. The van der Waals surface area contributed by atoms with E-state index in [1.54, 1.807) is 25.1 Å². The van der Waals surface area contributed by atoms with E-state index in [1.165, 1.54) is 0 Å². The molecule has 4 N–H and O–H groups in total. The highest BCUT2D eigenvalue weighted by molar-refractivity contribution is 7.82. The molecule has 0 bridgehead atoms. The Morgan fingerprint density at radius 2 is 1.67 bits per heavy atom. The van der Waals surface area contributed by atoms with Crippen molar-refractivity contribution in [3.05, 3.63) is 63.4 Å². The van der Waals surface area contributed by atoms with Gasteiger partial charge in [-0.25, -0.2) is 9.35 Å². The molecule has 0 spiro atoms. The Morgan fingerprint density at radius 1 is 1.00 bits per heavy atom. The van der Waals surface area contributed by atoms with Crippen molar-refractivity contribution in [3.63, 3.8) is 0 Å². The van der Waals surface area contributed by atoms with Gasteiger partial charge in [0, 0.05) is 27.1 Å². The topological polar surface area (TPSA) is 91.7 Å². The molecule has 0 radical (unpaired) electrons. The van der Waals surface area contributed by atoms with Gasteiger partial charge < -0.3 is 9.97 Å². The van der Waals surface area contributed by atoms with Crippen LogP contribution < -0.4 is 10.7 Å². The van der Waals surface area contributed by atoms with Crippen molar-refractivity contribution < 1.29 is 4.21 Å². The zero-order valence-corrected chi connectivity index (χ0v) is 16.8. The van der Waals surface area contributed by atoms with Crippen molar-refractivity contribution >= 4 is 44.5 Å². The number of pyridine rings is 1. The van der Waals surface area contributed by atoms with Gasteiger partial charge in [-0.1, -0.05) is 37.6 Å². The molecule has 0 aliphatic heterocycles. The quantitative estimate of drug-likeness (QED) is 0.456. The zero-order valence-electron chi connectivity index (χ0n) is 15.2. The largest absolute Gasteiger partial charge is 0.353 e. The van der Waals surface area contributed by atoms with E-state index in [1.807, 2.05) is 38.1 Å². The van der Waals surface area contributed by atoms with Crippen LogP contribution in [0.4, 0.5) is 0 Å². The van der Waals surface area contributed by atoms with E-state index in [0.29, 0.717) is 15.5 Å². The first-order chi connectivity index (χ1) is 13.0. The van der Waals surface area contributed by atoms with Gasteiger partial charge >= 0.3 is 0 Å². The molecule has 0 saturated heterocycles. The van der Waals surface area contributed by atoms with E-state index in [9.17, 15) is 9.00 Å². The van der Waals surface area contributed by atoms with Crippen LogP contribution in [0.2, 0.25) is 5.02 Å². The van der Waals surface area contributed by atoms with Crippen LogP contribution in [0.1, 0.15) is 19.4 Å². The Labute approximate surface area is 164 Å². The van der Waals surface area contributed by atoms with Gasteiger partial charge in [0.15, 0.2) is 0 Å². The highest BCUT2D eigenvalue weighted by Gasteiger charge is 2.16. The van der Waals surface area contributed by atoms with Gasteiger partial charge in [0.05, 0.1) is 15.9 Å². The van der Waals surface area contributed by atoms with Crippen LogP contribution >= 0.6 is 11.6 Å². The molecule has 4 rings (SSSR count). The van der Waals surface area contributed by atoms with E-state index < -0.39 is 11.0 Å². The minimum Gasteiger partial charge on any atom is -0.353 e. The number of nitrogens with two attached hydrogens (primary N) is 1. The summed E-state index contributed by atoms with van der Waals surface area (Å²) >= 11 is 6.10. The lowest BCUT2D eigenvalue weighted by atomic mass is 10.0. The van der Waals surface area contributed by atoms with Gasteiger partial charge in [0.1, 0.15) is 11.0 Å². The fourth-order valence-corrected chi connectivity index (χ4v) is 3.68. The number of hydrogen-bond acceptors (Lipinski definition) is 2. The van der Waals surface area contributed by atoms with Gasteiger partial charge in [-0.3, -0.25) is 4.79 Å². The highest BCUT2D eigenvalue weighted by Crippen LogP contribution is 2.34. The molecule has 2 heterocycles. The van der Waals surface area contributed by atoms with Gasteiger partial charge in [0.2, 0.25) is 0 Å². The summed E-state index contributed by atoms with van der Waals surface area (Å²) in [5.74, 6) is 0. The molecule has 27 heavy (non-hydrogen) atoms. The van der Waals surface area contributed by atoms with Gasteiger partial charge in [-0.15, -0.1) is 0 Å². The second-order valence-electron chi connectivity index (χ2n) is 5.84. The lowest BCUT2D eigenvalue weighted by Gasteiger charge is -2.08. The Hall–Kier alpha value is -2.41. The van der Waals surface area contributed by atoms with E-state index in [-0.39, 0.29) is 5.56 Å².